The lowest BCUT2D eigenvalue weighted by molar-refractivity contribution is 0.355. The first-order chi connectivity index (χ1) is 13.0. The normalized spacial score (nSPS) is 15.9. The molecule has 1 saturated carbocycles. The molecule has 0 amide bonds. The maximum absolute atomic E-state index is 6.44. The van der Waals surface area contributed by atoms with E-state index in [2.05, 4.69) is 15.1 Å². The maximum Gasteiger partial charge on any atom is 0.270 e. The summed E-state index contributed by atoms with van der Waals surface area (Å²) in [4.78, 5) is 10.1. The highest BCUT2D eigenvalue weighted by Gasteiger charge is 2.36. The molecule has 0 bridgehead atoms. The quantitative estimate of drug-likeness (QED) is 0.710. The molecule has 1 aliphatic carbocycles. The van der Waals surface area contributed by atoms with E-state index < -0.39 is 5.54 Å². The standard InChI is InChI=1S/C19H22N4O3S/c1-11-15(16-22-18(23-26-16)19(20)8-4-5-9-19)27-17(21-11)12-6-7-13(24-2)14(10-12)25-3/h6-7,10H,4-5,8-9,20H2,1-3H3. The summed E-state index contributed by atoms with van der Waals surface area (Å²) in [6, 6.07) is 5.73. The number of hydrogen-bond acceptors (Lipinski definition) is 8. The number of aromatic nitrogens is 3. The summed E-state index contributed by atoms with van der Waals surface area (Å²) < 4.78 is 16.2. The molecule has 2 aromatic heterocycles. The zero-order chi connectivity index (χ0) is 19.0. The number of hydrogen-bond donors (Lipinski definition) is 1. The van der Waals surface area contributed by atoms with Crippen molar-refractivity contribution >= 4 is 11.3 Å². The minimum atomic E-state index is -0.466. The van der Waals surface area contributed by atoms with Crippen LogP contribution in [0.2, 0.25) is 0 Å². The number of ether oxygens (including phenoxy) is 2. The molecule has 2 N–H and O–H groups in total. The molecule has 0 aliphatic heterocycles. The van der Waals surface area contributed by atoms with E-state index in [1.807, 2.05) is 25.1 Å². The summed E-state index contributed by atoms with van der Waals surface area (Å²) >= 11 is 1.51. The number of benzene rings is 1. The lowest BCUT2D eigenvalue weighted by Gasteiger charge is -2.17. The zero-order valence-corrected chi connectivity index (χ0v) is 16.4. The molecule has 7 nitrogen and oxygen atoms in total. The average molecular weight is 386 g/mol. The second kappa shape index (κ2) is 6.94. The molecular formula is C19H22N4O3S. The van der Waals surface area contributed by atoms with Gasteiger partial charge in [-0.15, -0.1) is 11.3 Å². The lowest BCUT2D eigenvalue weighted by Crippen LogP contribution is -2.34. The fourth-order valence-electron chi connectivity index (χ4n) is 3.44. The molecule has 0 atom stereocenters. The topological polar surface area (TPSA) is 96.3 Å². The van der Waals surface area contributed by atoms with E-state index in [0.717, 1.165) is 46.8 Å². The van der Waals surface area contributed by atoms with Crippen molar-refractivity contribution in [3.8, 4) is 32.8 Å². The van der Waals surface area contributed by atoms with Crippen LogP contribution in [0.4, 0.5) is 0 Å². The molecule has 0 unspecified atom stereocenters. The van der Waals surface area contributed by atoms with Crippen molar-refractivity contribution in [2.75, 3.05) is 14.2 Å². The Bertz CT molecular complexity index is 960. The Labute approximate surface area is 161 Å². The van der Waals surface area contributed by atoms with Gasteiger partial charge in [0.15, 0.2) is 17.3 Å². The predicted octanol–water partition coefficient (Wildman–Crippen LogP) is 3.91. The number of thiazole rings is 1. The Kier molecular flexibility index (Phi) is 4.61. The first-order valence-electron chi connectivity index (χ1n) is 8.87. The van der Waals surface area contributed by atoms with Crippen molar-refractivity contribution in [3.63, 3.8) is 0 Å². The molecular weight excluding hydrogens is 364 g/mol. The van der Waals surface area contributed by atoms with Crippen molar-refractivity contribution < 1.29 is 14.0 Å². The van der Waals surface area contributed by atoms with Crippen molar-refractivity contribution in [2.45, 2.75) is 38.1 Å². The Hall–Kier alpha value is -2.45. The van der Waals surface area contributed by atoms with Crippen LogP contribution in [0.3, 0.4) is 0 Å². The monoisotopic (exact) mass is 386 g/mol. The Morgan fingerprint density at radius 3 is 2.56 bits per heavy atom. The molecule has 142 valence electrons. The van der Waals surface area contributed by atoms with Gasteiger partial charge in [-0.25, -0.2) is 4.98 Å². The van der Waals surface area contributed by atoms with Gasteiger partial charge in [-0.05, 0) is 38.0 Å². The predicted molar refractivity (Wildman–Crippen MR) is 103 cm³/mol. The van der Waals surface area contributed by atoms with Crippen LogP contribution in [0.5, 0.6) is 11.5 Å². The van der Waals surface area contributed by atoms with Crippen LogP contribution in [0.15, 0.2) is 22.7 Å². The van der Waals surface area contributed by atoms with Gasteiger partial charge in [0.25, 0.3) is 5.89 Å². The van der Waals surface area contributed by atoms with Gasteiger partial charge in [-0.3, -0.25) is 0 Å². The summed E-state index contributed by atoms with van der Waals surface area (Å²) in [5, 5.41) is 5.00. The van der Waals surface area contributed by atoms with Crippen LogP contribution in [-0.2, 0) is 5.54 Å². The number of aryl methyl sites for hydroxylation is 1. The fraction of sp³-hybridized carbons (Fsp3) is 0.421. The molecule has 27 heavy (non-hydrogen) atoms. The average Bonchev–Trinajstić information content (AvgIpc) is 3.41. The molecule has 2 heterocycles. The van der Waals surface area contributed by atoms with Crippen LogP contribution in [0.25, 0.3) is 21.3 Å². The number of methoxy groups -OCH3 is 2. The number of nitrogens with zero attached hydrogens (tertiary/aromatic N) is 3. The second-order valence-electron chi connectivity index (χ2n) is 6.79. The molecule has 1 aromatic carbocycles. The molecule has 4 rings (SSSR count). The summed E-state index contributed by atoms with van der Waals surface area (Å²) in [6.45, 7) is 1.94. The maximum atomic E-state index is 6.44. The van der Waals surface area contributed by atoms with E-state index in [-0.39, 0.29) is 0 Å². The molecule has 0 radical (unpaired) electrons. The van der Waals surface area contributed by atoms with Gasteiger partial charge in [0.1, 0.15) is 9.88 Å². The largest absolute Gasteiger partial charge is 0.493 e. The van der Waals surface area contributed by atoms with Crippen LogP contribution >= 0.6 is 11.3 Å². The van der Waals surface area contributed by atoms with E-state index in [1.165, 1.54) is 11.3 Å². The van der Waals surface area contributed by atoms with Gasteiger partial charge in [0.2, 0.25) is 0 Å². The first kappa shape index (κ1) is 17.9. The fourth-order valence-corrected chi connectivity index (χ4v) is 4.42. The summed E-state index contributed by atoms with van der Waals surface area (Å²) in [5.41, 5.74) is 7.76. The minimum absolute atomic E-state index is 0.466. The van der Waals surface area contributed by atoms with Gasteiger partial charge in [0.05, 0.1) is 25.5 Å². The third-order valence-corrected chi connectivity index (χ3v) is 6.18. The van der Waals surface area contributed by atoms with Crippen molar-refractivity contribution in [3.05, 3.63) is 29.7 Å². The Morgan fingerprint density at radius 2 is 1.85 bits per heavy atom. The highest BCUT2D eigenvalue weighted by Crippen LogP contribution is 2.39. The van der Waals surface area contributed by atoms with Crippen molar-refractivity contribution in [1.82, 2.24) is 15.1 Å². The lowest BCUT2D eigenvalue weighted by atomic mass is 9.99. The Balaban J connectivity index is 1.67. The van der Waals surface area contributed by atoms with Crippen LogP contribution in [0.1, 0.15) is 37.2 Å². The van der Waals surface area contributed by atoms with Crippen LogP contribution in [0, 0.1) is 6.92 Å². The second-order valence-corrected chi connectivity index (χ2v) is 7.79. The van der Waals surface area contributed by atoms with Gasteiger partial charge in [-0.1, -0.05) is 18.0 Å². The SMILES string of the molecule is COc1ccc(-c2nc(C)c(-c3nc(C4(N)CCCC4)no3)s2)cc1OC. The van der Waals surface area contributed by atoms with E-state index in [4.69, 9.17) is 19.7 Å². The molecule has 0 saturated heterocycles. The molecule has 1 fully saturated rings. The van der Waals surface area contributed by atoms with Gasteiger partial charge in [0, 0.05) is 5.56 Å². The smallest absolute Gasteiger partial charge is 0.270 e. The van der Waals surface area contributed by atoms with Gasteiger partial charge < -0.3 is 19.7 Å². The number of rotatable bonds is 5. The van der Waals surface area contributed by atoms with Crippen LogP contribution in [-0.4, -0.2) is 29.3 Å². The van der Waals surface area contributed by atoms with Crippen molar-refractivity contribution in [1.29, 1.82) is 0 Å². The summed E-state index contributed by atoms with van der Waals surface area (Å²) in [7, 11) is 3.23. The van der Waals surface area contributed by atoms with Gasteiger partial charge in [-0.2, -0.15) is 4.98 Å². The van der Waals surface area contributed by atoms with E-state index in [0.29, 0.717) is 23.2 Å². The molecule has 3 aromatic rings. The molecule has 8 heteroatoms. The van der Waals surface area contributed by atoms with Crippen LogP contribution < -0.4 is 15.2 Å². The third kappa shape index (κ3) is 3.19. The summed E-state index contributed by atoms with van der Waals surface area (Å²) in [6.07, 6.45) is 3.99. The molecule has 0 spiro atoms. The van der Waals surface area contributed by atoms with E-state index in [9.17, 15) is 0 Å². The number of nitrogens with two attached hydrogens (primary N) is 1. The van der Waals surface area contributed by atoms with Gasteiger partial charge >= 0.3 is 0 Å². The third-order valence-electron chi connectivity index (χ3n) is 4.99. The highest BCUT2D eigenvalue weighted by molar-refractivity contribution is 7.18. The minimum Gasteiger partial charge on any atom is -0.493 e. The van der Waals surface area contributed by atoms with E-state index >= 15 is 0 Å². The molecule has 1 aliphatic rings. The Morgan fingerprint density at radius 1 is 1.11 bits per heavy atom. The summed E-state index contributed by atoms with van der Waals surface area (Å²) in [5.74, 6) is 2.41. The first-order valence-corrected chi connectivity index (χ1v) is 9.69. The van der Waals surface area contributed by atoms with Crippen molar-refractivity contribution in [2.24, 2.45) is 5.73 Å². The van der Waals surface area contributed by atoms with E-state index in [1.54, 1.807) is 14.2 Å². The highest BCUT2D eigenvalue weighted by atomic mass is 32.1. The zero-order valence-electron chi connectivity index (χ0n) is 15.6.